The Morgan fingerprint density at radius 3 is 2.60 bits per heavy atom. The molecule has 1 unspecified atom stereocenters. The van der Waals surface area contributed by atoms with Gasteiger partial charge in [0.25, 0.3) is 0 Å². The number of alkyl halides is 3. The summed E-state index contributed by atoms with van der Waals surface area (Å²) < 4.78 is 39.9. The van der Waals surface area contributed by atoms with Gasteiger partial charge in [-0.3, -0.25) is 14.6 Å². The third-order valence-corrected chi connectivity index (χ3v) is 4.92. The van der Waals surface area contributed by atoms with Gasteiger partial charge in [-0.25, -0.2) is 0 Å². The molecule has 0 spiro atoms. The Morgan fingerprint density at radius 2 is 2.00 bits per heavy atom. The van der Waals surface area contributed by atoms with E-state index in [-0.39, 0.29) is 30.0 Å². The Morgan fingerprint density at radius 1 is 1.27 bits per heavy atom. The van der Waals surface area contributed by atoms with Gasteiger partial charge >= 0.3 is 6.18 Å². The summed E-state index contributed by atoms with van der Waals surface area (Å²) in [4.78, 5) is 6.51. The summed E-state index contributed by atoms with van der Waals surface area (Å²) in [7, 11) is 1.74. The number of aryl methyl sites for hydroxylation is 1. The maximum Gasteiger partial charge on any atom is 0.416 e. The van der Waals surface area contributed by atoms with Gasteiger partial charge < -0.3 is 10.6 Å². The van der Waals surface area contributed by atoms with E-state index in [1.54, 1.807) is 19.2 Å². The van der Waals surface area contributed by atoms with Crippen molar-refractivity contribution in [2.75, 3.05) is 26.7 Å². The highest BCUT2D eigenvalue weighted by Crippen LogP contribution is 2.29. The number of benzene rings is 1. The van der Waals surface area contributed by atoms with Crippen LogP contribution in [0.2, 0.25) is 0 Å². The minimum absolute atomic E-state index is 0. The highest BCUT2D eigenvalue weighted by Gasteiger charge is 2.30. The zero-order chi connectivity index (χ0) is 20.9. The summed E-state index contributed by atoms with van der Waals surface area (Å²) in [5, 5.41) is 11.0. The summed E-state index contributed by atoms with van der Waals surface area (Å²) in [6.45, 7) is 5.82. The topological polar surface area (TPSA) is 57.5 Å². The second-order valence-electron chi connectivity index (χ2n) is 7.34. The zero-order valence-electron chi connectivity index (χ0n) is 17.1. The fourth-order valence-electron chi connectivity index (χ4n) is 3.42. The Hall–Kier alpha value is -1.82. The Balaban J connectivity index is 0.00000320. The van der Waals surface area contributed by atoms with Crippen LogP contribution in [0.15, 0.2) is 41.7 Å². The molecule has 2 aromatic rings. The molecule has 0 saturated carbocycles. The summed E-state index contributed by atoms with van der Waals surface area (Å²) in [6, 6.07) is 5.66. The molecule has 1 aliphatic rings. The predicted molar refractivity (Wildman–Crippen MR) is 122 cm³/mol. The van der Waals surface area contributed by atoms with Gasteiger partial charge in [0.1, 0.15) is 0 Å². The standard InChI is InChI=1S/C20H27F3N6.HI/c1-15-11-26-29(12-15)10-8-25-19(24-2)27-18-7-9-28(14-18)13-16-3-5-17(6-4-16)20(21,22)23;/h3-6,11-12,18H,7-10,13-14H2,1-2H3,(H2,24,25,27);1H. The molecule has 1 aliphatic heterocycles. The predicted octanol–water partition coefficient (Wildman–Crippen LogP) is 3.27. The largest absolute Gasteiger partial charge is 0.416 e. The Bertz CT molecular complexity index is 819. The first kappa shape index (κ1) is 24.4. The van der Waals surface area contributed by atoms with Crippen LogP contribution < -0.4 is 10.6 Å². The molecular weight excluding hydrogens is 508 g/mol. The number of aliphatic imine (C=N–C) groups is 1. The highest BCUT2D eigenvalue weighted by molar-refractivity contribution is 14.0. The molecule has 2 heterocycles. The number of nitrogens with one attached hydrogen (secondary N) is 2. The lowest BCUT2D eigenvalue weighted by Crippen LogP contribution is -2.45. The van der Waals surface area contributed by atoms with E-state index in [1.807, 2.05) is 24.0 Å². The lowest BCUT2D eigenvalue weighted by molar-refractivity contribution is -0.137. The summed E-state index contributed by atoms with van der Waals surface area (Å²) in [6.07, 6.45) is 0.491. The number of likely N-dealkylation sites (tertiary alicyclic amines) is 1. The summed E-state index contributed by atoms with van der Waals surface area (Å²) in [5.41, 5.74) is 1.41. The number of guanidine groups is 1. The van der Waals surface area contributed by atoms with Crippen molar-refractivity contribution in [1.82, 2.24) is 25.3 Å². The quantitative estimate of drug-likeness (QED) is 0.338. The first-order valence-corrected chi connectivity index (χ1v) is 9.68. The second-order valence-corrected chi connectivity index (χ2v) is 7.34. The third kappa shape index (κ3) is 7.15. The van der Waals surface area contributed by atoms with Crippen LogP contribution in [0.5, 0.6) is 0 Å². The van der Waals surface area contributed by atoms with Crippen LogP contribution in [0, 0.1) is 6.92 Å². The van der Waals surface area contributed by atoms with Gasteiger partial charge in [0.2, 0.25) is 0 Å². The molecule has 1 atom stereocenters. The molecule has 0 bridgehead atoms. The number of hydrogen-bond acceptors (Lipinski definition) is 3. The fraction of sp³-hybridized carbons (Fsp3) is 0.500. The average Bonchev–Trinajstić information content (AvgIpc) is 3.29. The van der Waals surface area contributed by atoms with Crippen molar-refractivity contribution in [3.8, 4) is 0 Å². The van der Waals surface area contributed by atoms with Crippen LogP contribution >= 0.6 is 24.0 Å². The second kappa shape index (κ2) is 11.0. The van der Waals surface area contributed by atoms with Crippen LogP contribution in [0.4, 0.5) is 13.2 Å². The van der Waals surface area contributed by atoms with E-state index < -0.39 is 11.7 Å². The van der Waals surface area contributed by atoms with Crippen molar-refractivity contribution in [2.45, 2.75) is 38.7 Å². The van der Waals surface area contributed by atoms with Crippen LogP contribution in [0.1, 0.15) is 23.1 Å². The van der Waals surface area contributed by atoms with Gasteiger partial charge in [0, 0.05) is 45.5 Å². The Kier molecular flexibility index (Phi) is 8.95. The Labute approximate surface area is 191 Å². The van der Waals surface area contributed by atoms with Crippen molar-refractivity contribution in [1.29, 1.82) is 0 Å². The van der Waals surface area contributed by atoms with Gasteiger partial charge in [-0.15, -0.1) is 24.0 Å². The van der Waals surface area contributed by atoms with E-state index in [0.29, 0.717) is 13.1 Å². The summed E-state index contributed by atoms with van der Waals surface area (Å²) >= 11 is 0. The molecule has 1 aromatic heterocycles. The van der Waals surface area contributed by atoms with Crippen LogP contribution in [0.25, 0.3) is 0 Å². The SMILES string of the molecule is CN=C(NCCn1cc(C)cn1)NC1CCN(Cc2ccc(C(F)(F)F)cc2)C1.I. The van der Waals surface area contributed by atoms with Crippen molar-refractivity contribution in [3.05, 3.63) is 53.3 Å². The average molecular weight is 536 g/mol. The lowest BCUT2D eigenvalue weighted by Gasteiger charge is -2.19. The molecule has 6 nitrogen and oxygen atoms in total. The fourth-order valence-corrected chi connectivity index (χ4v) is 3.42. The third-order valence-electron chi connectivity index (χ3n) is 4.92. The molecule has 166 valence electrons. The first-order valence-electron chi connectivity index (χ1n) is 9.68. The molecule has 1 fully saturated rings. The van der Waals surface area contributed by atoms with Crippen LogP contribution in [0.3, 0.4) is 0 Å². The van der Waals surface area contributed by atoms with Crippen molar-refractivity contribution < 1.29 is 13.2 Å². The molecule has 2 N–H and O–H groups in total. The van der Waals surface area contributed by atoms with Crippen molar-refractivity contribution in [2.24, 2.45) is 4.99 Å². The van der Waals surface area contributed by atoms with Gasteiger partial charge in [-0.05, 0) is 36.6 Å². The first-order chi connectivity index (χ1) is 13.8. The molecule has 1 aromatic carbocycles. The van der Waals surface area contributed by atoms with E-state index in [9.17, 15) is 13.2 Å². The summed E-state index contributed by atoms with van der Waals surface area (Å²) in [5.74, 6) is 0.746. The van der Waals surface area contributed by atoms with Crippen molar-refractivity contribution >= 4 is 29.9 Å². The van der Waals surface area contributed by atoms with Gasteiger partial charge in [0.05, 0.1) is 18.3 Å². The molecule has 0 amide bonds. The molecule has 1 saturated heterocycles. The van der Waals surface area contributed by atoms with E-state index in [1.165, 1.54) is 0 Å². The monoisotopic (exact) mass is 536 g/mol. The highest BCUT2D eigenvalue weighted by atomic mass is 127. The maximum absolute atomic E-state index is 12.7. The molecule has 3 rings (SSSR count). The van der Waals surface area contributed by atoms with E-state index in [4.69, 9.17) is 0 Å². The number of aromatic nitrogens is 2. The molecule has 10 heteroatoms. The molecule has 30 heavy (non-hydrogen) atoms. The van der Waals surface area contributed by atoms with Crippen LogP contribution in [-0.4, -0.2) is 53.4 Å². The van der Waals surface area contributed by atoms with Gasteiger partial charge in [-0.2, -0.15) is 18.3 Å². The van der Waals surface area contributed by atoms with Gasteiger partial charge in [0.15, 0.2) is 5.96 Å². The number of hydrogen-bond donors (Lipinski definition) is 2. The number of halogens is 4. The van der Waals surface area contributed by atoms with E-state index >= 15 is 0 Å². The number of rotatable bonds is 6. The smallest absolute Gasteiger partial charge is 0.355 e. The minimum Gasteiger partial charge on any atom is -0.355 e. The lowest BCUT2D eigenvalue weighted by atomic mass is 10.1. The van der Waals surface area contributed by atoms with E-state index in [0.717, 1.165) is 55.3 Å². The maximum atomic E-state index is 12.7. The molecular formula is C20H28F3IN6. The van der Waals surface area contributed by atoms with E-state index in [2.05, 4.69) is 25.6 Å². The normalized spacial score (nSPS) is 17.6. The minimum atomic E-state index is -4.29. The van der Waals surface area contributed by atoms with Crippen LogP contribution in [-0.2, 0) is 19.3 Å². The molecule has 0 radical (unpaired) electrons. The van der Waals surface area contributed by atoms with Gasteiger partial charge in [-0.1, -0.05) is 12.1 Å². The number of nitrogens with zero attached hydrogens (tertiary/aromatic N) is 4. The molecule has 0 aliphatic carbocycles. The zero-order valence-corrected chi connectivity index (χ0v) is 19.4. The van der Waals surface area contributed by atoms with Crippen molar-refractivity contribution in [3.63, 3.8) is 0 Å².